The third kappa shape index (κ3) is 2.86. The maximum Gasteiger partial charge on any atom is 0.343 e. The molecular formula is C15H13F4NO4. The van der Waals surface area contributed by atoms with Gasteiger partial charge in [0.2, 0.25) is 5.43 Å². The highest BCUT2D eigenvalue weighted by molar-refractivity contribution is 5.94. The second kappa shape index (κ2) is 7.00. The Bertz CT molecular complexity index is 846. The summed E-state index contributed by atoms with van der Waals surface area (Å²) in [5.74, 6) is -6.29. The fourth-order valence-electron chi connectivity index (χ4n) is 2.27. The number of halogens is 4. The summed E-state index contributed by atoms with van der Waals surface area (Å²) >= 11 is 0. The molecule has 0 bridgehead atoms. The normalized spacial score (nSPS) is 12.4. The quantitative estimate of drug-likeness (QED) is 0.511. The minimum absolute atomic E-state index is 0.0744. The fraction of sp³-hybridized carbons (Fsp3) is 0.333. The zero-order valence-corrected chi connectivity index (χ0v) is 12.5. The Balaban J connectivity index is 2.95. The van der Waals surface area contributed by atoms with Crippen molar-refractivity contribution in [1.82, 2.24) is 4.57 Å². The Morgan fingerprint density at radius 2 is 2.00 bits per heavy atom. The molecular weight excluding hydrogens is 334 g/mol. The van der Waals surface area contributed by atoms with Crippen LogP contribution in [0.3, 0.4) is 0 Å². The number of hydrogen-bond acceptors (Lipinski definition) is 4. The molecule has 1 unspecified atom stereocenters. The molecule has 1 heterocycles. The van der Waals surface area contributed by atoms with Crippen LogP contribution >= 0.6 is 0 Å². The number of ether oxygens (including phenoxy) is 1. The number of esters is 1. The largest absolute Gasteiger partial charge is 0.462 e. The van der Waals surface area contributed by atoms with Crippen LogP contribution in [-0.2, 0) is 4.74 Å². The molecule has 1 N–H and O–H groups in total. The number of fused-ring (bicyclic) bond motifs is 1. The molecule has 1 aromatic heterocycles. The van der Waals surface area contributed by atoms with Crippen LogP contribution in [0.2, 0.25) is 0 Å². The van der Waals surface area contributed by atoms with Gasteiger partial charge in [0.15, 0.2) is 17.5 Å². The van der Waals surface area contributed by atoms with Gasteiger partial charge in [-0.25, -0.2) is 22.4 Å². The molecule has 0 spiro atoms. The van der Waals surface area contributed by atoms with E-state index in [0.29, 0.717) is 10.6 Å². The smallest absolute Gasteiger partial charge is 0.343 e. The van der Waals surface area contributed by atoms with E-state index >= 15 is 0 Å². The lowest BCUT2D eigenvalue weighted by Gasteiger charge is -2.19. The van der Waals surface area contributed by atoms with Crippen LogP contribution in [0.1, 0.15) is 23.3 Å². The number of nitrogens with zero attached hydrogens (tertiary/aromatic N) is 1. The zero-order valence-electron chi connectivity index (χ0n) is 12.5. The Labute approximate surface area is 133 Å². The van der Waals surface area contributed by atoms with Crippen LogP contribution in [0.5, 0.6) is 0 Å². The highest BCUT2D eigenvalue weighted by atomic mass is 19.2. The van der Waals surface area contributed by atoms with E-state index in [-0.39, 0.29) is 6.61 Å². The van der Waals surface area contributed by atoms with Gasteiger partial charge in [-0.1, -0.05) is 0 Å². The van der Waals surface area contributed by atoms with Gasteiger partial charge in [-0.05, 0) is 13.0 Å². The number of aromatic nitrogens is 1. The standard InChI is InChI=1S/C15H13F4NO4/c1-2-24-15(23)9-5-20(7(4-16)6-21)13-8(14(9)22)3-10(17)11(18)12(13)19/h3,5,7,21H,2,4,6H2,1H3. The van der Waals surface area contributed by atoms with Gasteiger partial charge in [0.25, 0.3) is 0 Å². The van der Waals surface area contributed by atoms with Gasteiger partial charge in [-0.3, -0.25) is 4.79 Å². The van der Waals surface area contributed by atoms with Gasteiger partial charge < -0.3 is 14.4 Å². The Morgan fingerprint density at radius 1 is 1.33 bits per heavy atom. The van der Waals surface area contributed by atoms with Crippen molar-refractivity contribution in [2.75, 3.05) is 19.9 Å². The number of aliphatic hydroxyl groups is 1. The minimum Gasteiger partial charge on any atom is -0.462 e. The Kier molecular flexibility index (Phi) is 5.23. The van der Waals surface area contributed by atoms with Crippen molar-refractivity contribution in [2.24, 2.45) is 0 Å². The van der Waals surface area contributed by atoms with E-state index in [1.165, 1.54) is 6.92 Å². The monoisotopic (exact) mass is 347 g/mol. The molecule has 5 nitrogen and oxygen atoms in total. The molecule has 0 aliphatic rings. The van der Waals surface area contributed by atoms with Gasteiger partial charge >= 0.3 is 5.97 Å². The van der Waals surface area contributed by atoms with Crippen LogP contribution in [-0.4, -0.2) is 35.5 Å². The summed E-state index contributed by atoms with van der Waals surface area (Å²) in [7, 11) is 0. The maximum absolute atomic E-state index is 14.1. The third-order valence-corrected chi connectivity index (χ3v) is 3.43. The van der Waals surface area contributed by atoms with Gasteiger partial charge in [-0.2, -0.15) is 0 Å². The average Bonchev–Trinajstić information content (AvgIpc) is 2.56. The number of alkyl halides is 1. The molecule has 0 fully saturated rings. The van der Waals surface area contributed by atoms with E-state index in [4.69, 9.17) is 0 Å². The van der Waals surface area contributed by atoms with Crippen molar-refractivity contribution in [3.8, 4) is 0 Å². The molecule has 0 saturated carbocycles. The number of hydrogen-bond donors (Lipinski definition) is 1. The molecule has 0 aliphatic heterocycles. The summed E-state index contributed by atoms with van der Waals surface area (Å²) in [4.78, 5) is 24.1. The van der Waals surface area contributed by atoms with Crippen molar-refractivity contribution in [3.05, 3.63) is 45.5 Å². The first kappa shape index (κ1) is 17.9. The van der Waals surface area contributed by atoms with E-state index in [9.17, 15) is 32.3 Å². The van der Waals surface area contributed by atoms with Crippen molar-refractivity contribution < 1.29 is 32.2 Å². The zero-order chi connectivity index (χ0) is 18.0. The lowest BCUT2D eigenvalue weighted by Crippen LogP contribution is -2.25. The van der Waals surface area contributed by atoms with E-state index in [1.807, 2.05) is 0 Å². The third-order valence-electron chi connectivity index (χ3n) is 3.43. The molecule has 24 heavy (non-hydrogen) atoms. The number of rotatable bonds is 5. The summed E-state index contributed by atoms with van der Waals surface area (Å²) < 4.78 is 59.6. The first-order valence-corrected chi connectivity index (χ1v) is 6.93. The Morgan fingerprint density at radius 3 is 2.54 bits per heavy atom. The van der Waals surface area contributed by atoms with E-state index in [0.717, 1.165) is 6.20 Å². The number of pyridine rings is 1. The summed E-state index contributed by atoms with van der Waals surface area (Å²) in [5, 5.41) is 8.55. The van der Waals surface area contributed by atoms with E-state index in [2.05, 4.69) is 4.74 Å². The summed E-state index contributed by atoms with van der Waals surface area (Å²) in [5.41, 5.74) is -2.45. The van der Waals surface area contributed by atoms with Crippen LogP contribution in [0.4, 0.5) is 17.6 Å². The number of carbonyl (C=O) groups excluding carboxylic acids is 1. The first-order chi connectivity index (χ1) is 11.4. The molecule has 0 aliphatic carbocycles. The molecule has 0 amide bonds. The van der Waals surface area contributed by atoms with Crippen LogP contribution in [0.15, 0.2) is 17.1 Å². The van der Waals surface area contributed by atoms with Gasteiger partial charge in [0, 0.05) is 6.20 Å². The molecule has 0 radical (unpaired) electrons. The van der Waals surface area contributed by atoms with Gasteiger partial charge in [0.1, 0.15) is 12.2 Å². The maximum atomic E-state index is 14.1. The molecule has 2 aromatic rings. The molecule has 2 rings (SSSR count). The van der Waals surface area contributed by atoms with Crippen LogP contribution in [0.25, 0.3) is 10.9 Å². The average molecular weight is 347 g/mol. The molecule has 0 saturated heterocycles. The fourth-order valence-corrected chi connectivity index (χ4v) is 2.27. The number of aliphatic hydroxyl groups excluding tert-OH is 1. The van der Waals surface area contributed by atoms with Gasteiger partial charge in [-0.15, -0.1) is 0 Å². The van der Waals surface area contributed by atoms with Crippen molar-refractivity contribution in [1.29, 1.82) is 0 Å². The topological polar surface area (TPSA) is 68.5 Å². The molecule has 9 heteroatoms. The lowest BCUT2D eigenvalue weighted by molar-refractivity contribution is 0.0523. The van der Waals surface area contributed by atoms with Crippen LogP contribution < -0.4 is 5.43 Å². The summed E-state index contributed by atoms with van der Waals surface area (Å²) in [6, 6.07) is -0.984. The highest BCUT2D eigenvalue weighted by Gasteiger charge is 2.25. The van der Waals surface area contributed by atoms with Crippen LogP contribution in [0, 0.1) is 17.5 Å². The first-order valence-electron chi connectivity index (χ1n) is 6.93. The molecule has 1 atom stereocenters. The van der Waals surface area contributed by atoms with Crippen molar-refractivity contribution in [2.45, 2.75) is 13.0 Å². The van der Waals surface area contributed by atoms with Crippen molar-refractivity contribution >= 4 is 16.9 Å². The Hall–Kier alpha value is -2.42. The molecule has 130 valence electrons. The predicted molar refractivity (Wildman–Crippen MR) is 76.1 cm³/mol. The minimum atomic E-state index is -1.85. The summed E-state index contributed by atoms with van der Waals surface area (Å²) in [6.07, 6.45) is 0.767. The van der Waals surface area contributed by atoms with Crippen molar-refractivity contribution in [3.63, 3.8) is 0 Å². The second-order valence-electron chi connectivity index (χ2n) is 4.87. The second-order valence-corrected chi connectivity index (χ2v) is 4.87. The van der Waals surface area contributed by atoms with Gasteiger partial charge in [0.05, 0.1) is 30.2 Å². The SMILES string of the molecule is CCOC(=O)c1cn(C(CO)CF)c2c(F)c(F)c(F)cc2c1=O. The number of carbonyl (C=O) groups is 1. The molecule has 1 aromatic carbocycles. The lowest BCUT2D eigenvalue weighted by atomic mass is 10.1. The number of benzene rings is 1. The highest BCUT2D eigenvalue weighted by Crippen LogP contribution is 2.25. The van der Waals surface area contributed by atoms with E-state index in [1.54, 1.807) is 0 Å². The predicted octanol–water partition coefficient (Wildman–Crippen LogP) is 2.10. The summed E-state index contributed by atoms with van der Waals surface area (Å²) in [6.45, 7) is -0.621. The van der Waals surface area contributed by atoms with E-state index < -0.39 is 64.6 Å².